The highest BCUT2D eigenvalue weighted by Gasteiger charge is 2.51. The fourth-order valence-electron chi connectivity index (χ4n) is 7.22. The van der Waals surface area contributed by atoms with Crippen molar-refractivity contribution in [1.29, 1.82) is 0 Å². The Kier molecular flexibility index (Phi) is 11.4. The molecule has 7 rings (SSSR count). The van der Waals surface area contributed by atoms with Gasteiger partial charge in [-0.2, -0.15) is 4.57 Å². The normalized spacial score (nSPS) is 22.3. The van der Waals surface area contributed by atoms with Gasteiger partial charge in [0.1, 0.15) is 31.2 Å². The molecule has 55 heavy (non-hydrogen) atoms. The highest BCUT2D eigenvalue weighted by molar-refractivity contribution is 7.45. The van der Waals surface area contributed by atoms with Crippen LogP contribution in [0.2, 0.25) is 0 Å². The molecule has 5 heterocycles. The van der Waals surface area contributed by atoms with Crippen LogP contribution < -0.4 is 35.6 Å². The number of aryl methyl sites for hydroxylation is 1. The number of rotatable bonds is 15. The molecule has 18 heteroatoms. The van der Waals surface area contributed by atoms with E-state index in [0.717, 1.165) is 58.9 Å². The summed E-state index contributed by atoms with van der Waals surface area (Å²) in [5.74, 6) is 0.539. The number of carbonyl (C=O) groups is 1. The van der Waals surface area contributed by atoms with Crippen molar-refractivity contribution in [3.63, 3.8) is 0 Å². The van der Waals surface area contributed by atoms with Gasteiger partial charge >= 0.3 is 0 Å². The molecule has 0 bridgehead atoms. The lowest BCUT2D eigenvalue weighted by Gasteiger charge is -2.34. The number of pyridine rings is 1. The Bertz CT molecular complexity index is 2170. The average molecular weight is 777 g/mol. The first-order chi connectivity index (χ1) is 26.4. The van der Waals surface area contributed by atoms with Crippen LogP contribution in [0.5, 0.6) is 0 Å². The van der Waals surface area contributed by atoms with Crippen molar-refractivity contribution in [3.8, 4) is 0 Å². The number of unbranched alkanes of at least 4 members (excludes halogenated alkanes) is 3. The van der Waals surface area contributed by atoms with Gasteiger partial charge in [0.2, 0.25) is 22.9 Å². The first-order valence-electron chi connectivity index (χ1n) is 18.6. The number of nitrogens with two attached hydrogens (primary N) is 1. The zero-order chi connectivity index (χ0) is 38.9. The molecule has 2 aliphatic heterocycles. The predicted octanol–water partition coefficient (Wildman–Crippen LogP) is 2.85. The third kappa shape index (κ3) is 8.32. The van der Waals surface area contributed by atoms with E-state index >= 15 is 0 Å². The molecule has 1 amide bonds. The van der Waals surface area contributed by atoms with E-state index in [4.69, 9.17) is 19.5 Å². The van der Waals surface area contributed by atoms with Gasteiger partial charge in [-0.25, -0.2) is 15.0 Å². The second-order valence-electron chi connectivity index (χ2n) is 14.5. The molecule has 2 aliphatic rings. The van der Waals surface area contributed by atoms with E-state index < -0.39 is 32.4 Å². The van der Waals surface area contributed by atoms with Crippen molar-refractivity contribution in [2.75, 3.05) is 68.7 Å². The number of hydrogen-bond acceptors (Lipinski definition) is 14. The number of nitrogen functional groups attached to an aromatic ring is 1. The van der Waals surface area contributed by atoms with Crippen molar-refractivity contribution < 1.29 is 37.7 Å². The lowest BCUT2D eigenvalue weighted by molar-refractivity contribution is -0.645. The number of phosphoric acid groups is 1. The van der Waals surface area contributed by atoms with E-state index in [2.05, 4.69) is 82.4 Å². The highest BCUT2D eigenvalue weighted by atomic mass is 31.2. The van der Waals surface area contributed by atoms with Crippen LogP contribution in [-0.2, 0) is 29.7 Å². The van der Waals surface area contributed by atoms with Gasteiger partial charge in [-0.1, -0.05) is 12.8 Å². The van der Waals surface area contributed by atoms with Gasteiger partial charge < -0.3 is 50.0 Å². The van der Waals surface area contributed by atoms with Gasteiger partial charge in [0, 0.05) is 88.4 Å². The standard InChI is InChI=1S/C37H49N10O7P/c1-44(2)25-13-11-23-18-24-12-14-26(45(3)4)20-28(24)46(27(23)19-25)17-9-10-30(48)39-15-7-5-6-8-16-40-37-43-31-34(38)41-22-42-35(31)47(37)36-32(49)33-29(53-36)21-52-55(50,51)54-33/h11-14,18-20,22,29,32-33,36,49H,5-10,15-17,21H2,1-4H3,(H4-,38,39,40,41,42,43,48,50,51)/t29-,32-,33-,36-/m1/s1. The van der Waals surface area contributed by atoms with E-state index in [9.17, 15) is 19.4 Å². The Morgan fingerprint density at radius 2 is 1.67 bits per heavy atom. The molecule has 3 aromatic heterocycles. The summed E-state index contributed by atoms with van der Waals surface area (Å²) >= 11 is 0. The topological polar surface area (TPSA) is 209 Å². The number of amides is 1. The first-order valence-corrected chi connectivity index (χ1v) is 20.1. The third-order valence-corrected chi connectivity index (χ3v) is 11.1. The molecule has 17 nitrogen and oxygen atoms in total. The monoisotopic (exact) mass is 776 g/mol. The molecule has 5 atom stereocenters. The molecule has 2 fully saturated rings. The molecule has 5 aromatic rings. The van der Waals surface area contributed by atoms with E-state index in [-0.39, 0.29) is 18.3 Å². The molecular formula is C37H49N10O7P. The van der Waals surface area contributed by atoms with Gasteiger partial charge in [0.05, 0.1) is 6.61 Å². The Morgan fingerprint density at radius 1 is 1.00 bits per heavy atom. The Hall–Kier alpha value is -4.64. The van der Waals surface area contributed by atoms with Gasteiger partial charge in [0.25, 0.3) is 7.82 Å². The van der Waals surface area contributed by atoms with Crippen LogP contribution >= 0.6 is 7.82 Å². The number of fused-ring (bicyclic) bond motifs is 4. The number of anilines is 4. The number of nitrogens with zero attached hydrogens (tertiary/aromatic N) is 7. The Labute approximate surface area is 319 Å². The summed E-state index contributed by atoms with van der Waals surface area (Å²) in [6, 6.07) is 15.3. The van der Waals surface area contributed by atoms with Crippen LogP contribution in [0.4, 0.5) is 23.1 Å². The molecule has 2 saturated heterocycles. The number of aliphatic hydroxyl groups excluding tert-OH is 1. The molecule has 0 spiro atoms. The molecular weight excluding hydrogens is 727 g/mol. The summed E-state index contributed by atoms with van der Waals surface area (Å²) in [5, 5.41) is 19.7. The van der Waals surface area contributed by atoms with Crippen molar-refractivity contribution in [3.05, 3.63) is 48.8 Å². The summed E-state index contributed by atoms with van der Waals surface area (Å²) in [5.41, 5.74) is 11.3. The van der Waals surface area contributed by atoms with Gasteiger partial charge in [-0.3, -0.25) is 13.9 Å². The SMILES string of the molecule is CN(C)c1ccc2cc3ccc(N(C)C)cc3[n+](CCCC(=O)NCCCCCCNc3nc4c(N)ncnc4n3[C@@H]3O[C@@H]4COP(=O)([O-])O[C@H]4[C@H]3O)c2c1. The zero-order valence-corrected chi connectivity index (χ0v) is 32.4. The number of aliphatic hydroxyl groups is 1. The number of nitrogens with one attached hydrogen (secondary N) is 2. The highest BCUT2D eigenvalue weighted by Crippen LogP contribution is 2.50. The molecule has 0 aliphatic carbocycles. The summed E-state index contributed by atoms with van der Waals surface area (Å²) < 4.78 is 31.6. The number of hydrogen-bond donors (Lipinski definition) is 4. The van der Waals surface area contributed by atoms with E-state index in [1.165, 1.54) is 6.33 Å². The minimum absolute atomic E-state index is 0.0437. The van der Waals surface area contributed by atoms with E-state index in [1.807, 2.05) is 28.2 Å². The van der Waals surface area contributed by atoms with Crippen LogP contribution in [-0.4, -0.2) is 96.7 Å². The predicted molar refractivity (Wildman–Crippen MR) is 208 cm³/mol. The number of carbonyl (C=O) groups excluding carboxylic acids is 1. The lowest BCUT2D eigenvalue weighted by atomic mass is 10.1. The van der Waals surface area contributed by atoms with Crippen LogP contribution in [0.3, 0.4) is 0 Å². The number of benzene rings is 2. The molecule has 1 unspecified atom stereocenters. The maximum absolute atomic E-state index is 12.9. The van der Waals surface area contributed by atoms with Crippen LogP contribution in [0, 0.1) is 0 Å². The lowest BCUT2D eigenvalue weighted by Crippen LogP contribution is -2.41. The molecule has 5 N–H and O–H groups in total. The fraction of sp³-hybridized carbons (Fsp3) is 0.486. The zero-order valence-electron chi connectivity index (χ0n) is 31.6. The summed E-state index contributed by atoms with van der Waals surface area (Å²) in [6.07, 6.45) is 1.54. The molecule has 0 saturated carbocycles. The minimum atomic E-state index is -4.55. The second-order valence-corrected chi connectivity index (χ2v) is 15.8. The molecule has 2 aromatic carbocycles. The average Bonchev–Trinajstić information content (AvgIpc) is 3.68. The number of imidazole rings is 1. The number of ether oxygens (including phenoxy) is 1. The number of phosphoric ester groups is 1. The summed E-state index contributed by atoms with van der Waals surface area (Å²) in [4.78, 5) is 41.9. The summed E-state index contributed by atoms with van der Waals surface area (Å²) in [6.45, 7) is 1.58. The largest absolute Gasteiger partial charge is 0.756 e. The Morgan fingerprint density at radius 3 is 2.35 bits per heavy atom. The number of aromatic nitrogens is 5. The minimum Gasteiger partial charge on any atom is -0.756 e. The smallest absolute Gasteiger partial charge is 0.268 e. The van der Waals surface area contributed by atoms with Crippen LogP contribution in [0.15, 0.2) is 48.8 Å². The molecule has 0 radical (unpaired) electrons. The maximum Gasteiger partial charge on any atom is 0.268 e. The van der Waals surface area contributed by atoms with Gasteiger partial charge in [-0.15, -0.1) is 0 Å². The third-order valence-electron chi connectivity index (χ3n) is 10.2. The summed E-state index contributed by atoms with van der Waals surface area (Å²) in [7, 11) is 3.62. The van der Waals surface area contributed by atoms with Gasteiger partial charge in [0.15, 0.2) is 23.2 Å². The first kappa shape index (κ1) is 38.6. The quantitative estimate of drug-likeness (QED) is 0.0522. The Balaban J connectivity index is 0.888. The fourth-order valence-corrected chi connectivity index (χ4v) is 8.17. The van der Waals surface area contributed by atoms with Crippen LogP contribution in [0.25, 0.3) is 33.0 Å². The van der Waals surface area contributed by atoms with Crippen molar-refractivity contribution in [2.45, 2.75) is 69.6 Å². The van der Waals surface area contributed by atoms with Crippen molar-refractivity contribution in [2.24, 2.45) is 0 Å². The van der Waals surface area contributed by atoms with E-state index in [1.54, 1.807) is 4.57 Å². The van der Waals surface area contributed by atoms with Gasteiger partial charge in [-0.05, 0) is 43.2 Å². The van der Waals surface area contributed by atoms with E-state index in [0.29, 0.717) is 49.6 Å². The molecule has 294 valence electrons. The second kappa shape index (κ2) is 16.2. The maximum atomic E-state index is 12.9. The van der Waals surface area contributed by atoms with Crippen LogP contribution in [0.1, 0.15) is 44.8 Å². The van der Waals surface area contributed by atoms with Crippen molar-refractivity contribution >= 4 is 69.8 Å². The van der Waals surface area contributed by atoms with Crippen molar-refractivity contribution in [1.82, 2.24) is 24.8 Å².